The van der Waals surface area contributed by atoms with Crippen molar-refractivity contribution < 1.29 is 0 Å². The van der Waals surface area contributed by atoms with Gasteiger partial charge >= 0.3 is 0 Å². The van der Waals surface area contributed by atoms with Crippen LogP contribution >= 0.6 is 11.6 Å². The van der Waals surface area contributed by atoms with Gasteiger partial charge in [0.15, 0.2) is 0 Å². The molecule has 0 amide bonds. The fraction of sp³-hybridized carbons (Fsp3) is 0. The number of anilines is 1. The zero-order chi connectivity index (χ0) is 13.0. The van der Waals surface area contributed by atoms with Crippen LogP contribution in [0.25, 0.3) is 0 Å². The number of benzene rings is 1. The van der Waals surface area contributed by atoms with Gasteiger partial charge in [0.05, 0.1) is 11.3 Å². The largest absolute Gasteiger partial charge is 0.398 e. The molecule has 0 bridgehead atoms. The number of nitrogens with two attached hydrogens (primary N) is 1. The molecule has 0 aliphatic rings. The number of hydrogen-bond acceptors (Lipinski definition) is 4. The Balaban J connectivity index is 2.38. The standard InChI is InChI=1S/C13H9ClN4/c14-13(18-9-4-2-1-3-5-9)11-8-17-10(7-15)6-12(11)16/h1-6,8H,(H2,16,17). The molecule has 0 fully saturated rings. The molecule has 88 valence electrons. The van der Waals surface area contributed by atoms with Gasteiger partial charge in [0, 0.05) is 11.9 Å². The van der Waals surface area contributed by atoms with Crippen molar-refractivity contribution in [3.8, 4) is 6.07 Å². The molecule has 0 saturated carbocycles. The van der Waals surface area contributed by atoms with Crippen molar-refractivity contribution in [1.82, 2.24) is 4.98 Å². The summed E-state index contributed by atoms with van der Waals surface area (Å²) in [5, 5.41) is 8.94. The van der Waals surface area contributed by atoms with E-state index in [9.17, 15) is 0 Å². The summed E-state index contributed by atoms with van der Waals surface area (Å²) >= 11 is 6.09. The Hall–Kier alpha value is -2.38. The lowest BCUT2D eigenvalue weighted by molar-refractivity contribution is 1.26. The highest BCUT2D eigenvalue weighted by Crippen LogP contribution is 2.19. The van der Waals surface area contributed by atoms with Crippen LogP contribution in [-0.2, 0) is 0 Å². The predicted molar refractivity (Wildman–Crippen MR) is 71.9 cm³/mol. The van der Waals surface area contributed by atoms with Gasteiger partial charge in [0.2, 0.25) is 0 Å². The van der Waals surface area contributed by atoms with Gasteiger partial charge in [-0.1, -0.05) is 29.8 Å². The third-order valence-corrected chi connectivity index (χ3v) is 2.54. The van der Waals surface area contributed by atoms with Crippen molar-refractivity contribution >= 4 is 28.1 Å². The van der Waals surface area contributed by atoms with E-state index >= 15 is 0 Å². The van der Waals surface area contributed by atoms with Gasteiger partial charge in [-0.15, -0.1) is 0 Å². The van der Waals surface area contributed by atoms with Gasteiger partial charge in [0.1, 0.15) is 16.9 Å². The van der Waals surface area contributed by atoms with E-state index in [0.717, 1.165) is 5.69 Å². The molecule has 2 aromatic rings. The molecule has 2 rings (SSSR count). The molecule has 1 heterocycles. The molecule has 1 aromatic carbocycles. The molecule has 0 spiro atoms. The van der Waals surface area contributed by atoms with Gasteiger partial charge < -0.3 is 5.73 Å². The van der Waals surface area contributed by atoms with Gasteiger partial charge in [-0.05, 0) is 18.2 Å². The molecule has 4 nitrogen and oxygen atoms in total. The number of nitrogens with zero attached hydrogens (tertiary/aromatic N) is 3. The van der Waals surface area contributed by atoms with Crippen molar-refractivity contribution in [3.05, 3.63) is 53.9 Å². The molecular formula is C13H9ClN4. The number of aromatic nitrogens is 1. The predicted octanol–water partition coefficient (Wildman–Crippen LogP) is 2.85. The van der Waals surface area contributed by atoms with E-state index in [1.807, 2.05) is 36.4 Å². The first-order valence-electron chi connectivity index (χ1n) is 5.16. The summed E-state index contributed by atoms with van der Waals surface area (Å²) in [6.45, 7) is 0. The van der Waals surface area contributed by atoms with Crippen LogP contribution in [0.5, 0.6) is 0 Å². The van der Waals surface area contributed by atoms with Crippen LogP contribution in [0, 0.1) is 11.3 Å². The van der Waals surface area contributed by atoms with Crippen LogP contribution in [-0.4, -0.2) is 10.2 Å². The second-order valence-corrected chi connectivity index (χ2v) is 3.86. The molecule has 1 aromatic heterocycles. The molecule has 2 N–H and O–H groups in total. The first-order valence-corrected chi connectivity index (χ1v) is 5.53. The summed E-state index contributed by atoms with van der Waals surface area (Å²) in [6.07, 6.45) is 1.45. The van der Waals surface area contributed by atoms with E-state index < -0.39 is 0 Å². The van der Waals surface area contributed by atoms with Crippen molar-refractivity contribution in [2.45, 2.75) is 0 Å². The Kier molecular flexibility index (Phi) is 3.56. The van der Waals surface area contributed by atoms with Gasteiger partial charge in [-0.2, -0.15) is 5.26 Å². The molecule has 0 atom stereocenters. The summed E-state index contributed by atoms with van der Waals surface area (Å²) in [5.41, 5.74) is 7.67. The third kappa shape index (κ3) is 2.65. The zero-order valence-corrected chi connectivity index (χ0v) is 10.1. The van der Waals surface area contributed by atoms with E-state index in [0.29, 0.717) is 11.3 Å². The molecule has 18 heavy (non-hydrogen) atoms. The number of nitrogen functional groups attached to an aromatic ring is 1. The number of hydrogen-bond donors (Lipinski definition) is 1. The lowest BCUT2D eigenvalue weighted by atomic mass is 10.2. The van der Waals surface area contributed by atoms with Crippen LogP contribution in [0.2, 0.25) is 0 Å². The highest BCUT2D eigenvalue weighted by molar-refractivity contribution is 6.70. The Morgan fingerprint density at radius 3 is 2.67 bits per heavy atom. The Morgan fingerprint density at radius 2 is 2.06 bits per heavy atom. The van der Waals surface area contributed by atoms with Crippen LogP contribution in [0.15, 0.2) is 47.6 Å². The summed E-state index contributed by atoms with van der Waals surface area (Å²) in [7, 11) is 0. The molecule has 0 radical (unpaired) electrons. The molecule has 0 unspecified atom stereocenters. The third-order valence-electron chi connectivity index (χ3n) is 2.26. The minimum Gasteiger partial charge on any atom is -0.398 e. The SMILES string of the molecule is N#Cc1cc(N)c(C(Cl)=Nc2ccccc2)cn1. The van der Waals surface area contributed by atoms with Crippen molar-refractivity contribution in [3.63, 3.8) is 0 Å². The van der Waals surface area contributed by atoms with Crippen molar-refractivity contribution in [2.75, 3.05) is 5.73 Å². The van der Waals surface area contributed by atoms with Gasteiger partial charge in [-0.25, -0.2) is 9.98 Å². The smallest absolute Gasteiger partial charge is 0.142 e. The average Bonchev–Trinajstić information content (AvgIpc) is 2.39. The van der Waals surface area contributed by atoms with Gasteiger partial charge in [0.25, 0.3) is 0 Å². The summed E-state index contributed by atoms with van der Waals surface area (Å²) in [4.78, 5) is 8.14. The first-order chi connectivity index (χ1) is 8.70. The Bertz CT molecular complexity index is 629. The number of para-hydroxylation sites is 1. The quantitative estimate of drug-likeness (QED) is 0.840. The number of nitriles is 1. The number of pyridine rings is 1. The summed E-state index contributed by atoms with van der Waals surface area (Å²) < 4.78 is 0. The number of aliphatic imine (C=N–C) groups is 1. The molecule has 0 aliphatic carbocycles. The minimum atomic E-state index is 0.246. The molecule has 0 saturated heterocycles. The number of halogens is 1. The highest BCUT2D eigenvalue weighted by atomic mass is 35.5. The van der Waals surface area contributed by atoms with Crippen LogP contribution in [0.3, 0.4) is 0 Å². The molecular weight excluding hydrogens is 248 g/mol. The fourth-order valence-corrected chi connectivity index (χ4v) is 1.64. The second kappa shape index (κ2) is 5.30. The van der Waals surface area contributed by atoms with Crippen LogP contribution < -0.4 is 5.73 Å². The second-order valence-electron chi connectivity index (χ2n) is 3.51. The van der Waals surface area contributed by atoms with E-state index in [1.54, 1.807) is 0 Å². The monoisotopic (exact) mass is 256 g/mol. The van der Waals surface area contributed by atoms with E-state index in [1.165, 1.54) is 12.3 Å². The van der Waals surface area contributed by atoms with Crippen LogP contribution in [0.1, 0.15) is 11.3 Å². The van der Waals surface area contributed by atoms with Crippen molar-refractivity contribution in [2.24, 2.45) is 4.99 Å². The maximum atomic E-state index is 8.70. The maximum Gasteiger partial charge on any atom is 0.142 e. The molecule has 5 heteroatoms. The minimum absolute atomic E-state index is 0.246. The summed E-state index contributed by atoms with van der Waals surface area (Å²) in [5.74, 6) is 0. The maximum absolute atomic E-state index is 8.70. The zero-order valence-electron chi connectivity index (χ0n) is 9.34. The normalized spacial score (nSPS) is 11.0. The van der Waals surface area contributed by atoms with Crippen molar-refractivity contribution in [1.29, 1.82) is 5.26 Å². The Labute approximate surface area is 109 Å². The molecule has 0 aliphatic heterocycles. The lowest BCUT2D eigenvalue weighted by Crippen LogP contribution is -2.01. The van der Waals surface area contributed by atoms with E-state index in [2.05, 4.69) is 9.98 Å². The van der Waals surface area contributed by atoms with Gasteiger partial charge in [-0.3, -0.25) is 0 Å². The summed E-state index contributed by atoms with van der Waals surface area (Å²) in [6, 6.07) is 12.7. The fourth-order valence-electron chi connectivity index (χ4n) is 1.38. The van der Waals surface area contributed by atoms with E-state index in [-0.39, 0.29) is 10.9 Å². The van der Waals surface area contributed by atoms with Crippen LogP contribution in [0.4, 0.5) is 11.4 Å². The topological polar surface area (TPSA) is 75.1 Å². The average molecular weight is 257 g/mol. The first kappa shape index (κ1) is 12.1. The lowest BCUT2D eigenvalue weighted by Gasteiger charge is -2.03. The highest BCUT2D eigenvalue weighted by Gasteiger charge is 2.07. The number of rotatable bonds is 2. The van der Waals surface area contributed by atoms with E-state index in [4.69, 9.17) is 22.6 Å². The Morgan fingerprint density at radius 1 is 1.33 bits per heavy atom.